The average molecular weight is 492 g/mol. The second kappa shape index (κ2) is 9.84. The number of carbonyl (C=O) groups excluding carboxylic acids is 2. The number of β-amino-alcohol motifs (C(OH)–C–C–N with tert-alkyl or cyclic N) is 1. The fourth-order valence-corrected chi connectivity index (χ4v) is 6.09. The molecular weight excluding hydrogens is 458 g/mol. The summed E-state index contributed by atoms with van der Waals surface area (Å²) >= 11 is 0. The van der Waals surface area contributed by atoms with Crippen LogP contribution in [0.1, 0.15) is 44.7 Å². The van der Waals surface area contributed by atoms with Crippen LogP contribution in [0.5, 0.6) is 5.75 Å². The van der Waals surface area contributed by atoms with Gasteiger partial charge in [0.1, 0.15) is 12.4 Å². The molecule has 2 aromatic rings. The summed E-state index contributed by atoms with van der Waals surface area (Å²) in [5.74, 6) is 0.247. The summed E-state index contributed by atoms with van der Waals surface area (Å²) in [5.41, 5.74) is 3.66. The molecule has 2 bridgehead atoms. The summed E-state index contributed by atoms with van der Waals surface area (Å²) in [7, 11) is 0. The average Bonchev–Trinajstić information content (AvgIpc) is 3.04. The van der Waals surface area contributed by atoms with Gasteiger partial charge in [-0.2, -0.15) is 0 Å². The van der Waals surface area contributed by atoms with Gasteiger partial charge in [0.2, 0.25) is 0 Å². The first-order valence-electron chi connectivity index (χ1n) is 13.0. The Morgan fingerprint density at radius 2 is 1.81 bits per heavy atom. The summed E-state index contributed by atoms with van der Waals surface area (Å²) in [6.45, 7) is 4.36. The zero-order chi connectivity index (χ0) is 24.6. The van der Waals surface area contributed by atoms with Crippen molar-refractivity contribution in [1.29, 1.82) is 0 Å². The van der Waals surface area contributed by atoms with E-state index in [2.05, 4.69) is 29.2 Å². The smallest absolute Gasteiger partial charge is 0.257 e. The molecule has 6 rings (SSSR count). The van der Waals surface area contributed by atoms with Gasteiger partial charge in [0.15, 0.2) is 0 Å². The second-order valence-corrected chi connectivity index (χ2v) is 10.4. The van der Waals surface area contributed by atoms with Crippen molar-refractivity contribution in [2.75, 3.05) is 46.0 Å². The fraction of sp³-hybridized carbons (Fsp3) is 0.500. The monoisotopic (exact) mass is 491 g/mol. The minimum absolute atomic E-state index is 0.0238. The van der Waals surface area contributed by atoms with Crippen LogP contribution in [0.4, 0.5) is 0 Å². The molecule has 2 amide bonds. The predicted octanol–water partition coefficient (Wildman–Crippen LogP) is 1.94. The summed E-state index contributed by atoms with van der Waals surface area (Å²) < 4.78 is 11.5. The summed E-state index contributed by atoms with van der Waals surface area (Å²) in [4.78, 5) is 32.5. The first-order valence-corrected chi connectivity index (χ1v) is 13.0. The molecule has 2 aromatic carbocycles. The minimum Gasteiger partial charge on any atom is -0.491 e. The molecule has 2 saturated heterocycles. The van der Waals surface area contributed by atoms with Crippen LogP contribution in [0.25, 0.3) is 0 Å². The van der Waals surface area contributed by atoms with Gasteiger partial charge in [0.25, 0.3) is 11.8 Å². The molecular formula is C28H33N3O5. The van der Waals surface area contributed by atoms with Crippen LogP contribution in [-0.4, -0.2) is 95.8 Å². The first-order chi connectivity index (χ1) is 17.6. The van der Waals surface area contributed by atoms with Gasteiger partial charge >= 0.3 is 0 Å². The van der Waals surface area contributed by atoms with Crippen molar-refractivity contribution in [3.8, 4) is 5.75 Å². The number of rotatable bonds is 5. The highest BCUT2D eigenvalue weighted by atomic mass is 16.5. The quantitative estimate of drug-likeness (QED) is 0.689. The van der Waals surface area contributed by atoms with E-state index < -0.39 is 6.10 Å². The Hall–Kier alpha value is -2.94. The number of morpholine rings is 1. The molecule has 0 aromatic heterocycles. The Morgan fingerprint density at radius 1 is 1.03 bits per heavy atom. The molecule has 8 heteroatoms. The third kappa shape index (κ3) is 4.49. The largest absolute Gasteiger partial charge is 0.491 e. The van der Waals surface area contributed by atoms with Crippen LogP contribution < -0.4 is 4.74 Å². The van der Waals surface area contributed by atoms with Crippen molar-refractivity contribution in [3.63, 3.8) is 0 Å². The van der Waals surface area contributed by atoms with Gasteiger partial charge in [-0.15, -0.1) is 0 Å². The normalized spacial score (nSPS) is 24.5. The van der Waals surface area contributed by atoms with Crippen LogP contribution >= 0.6 is 0 Å². The van der Waals surface area contributed by atoms with E-state index in [1.54, 1.807) is 23.1 Å². The number of hydrogen-bond acceptors (Lipinski definition) is 6. The highest BCUT2D eigenvalue weighted by molar-refractivity contribution is 6.00. The van der Waals surface area contributed by atoms with E-state index in [0.29, 0.717) is 49.8 Å². The summed E-state index contributed by atoms with van der Waals surface area (Å²) in [5, 5.41) is 10.8. The minimum atomic E-state index is -0.654. The number of benzene rings is 2. The standard InChI is InChI=1S/C28H33N3O5/c32-24(15-29-10-9-19-3-1-2-4-21(19)14-29)16-30-11-12-36-26-13-20(5-8-25(26)28(30)34)27(33)31-22-6-7-23(31)18-35-17-22/h1-5,8,13,22-24,32H,6-7,9-12,14-18H2. The Labute approximate surface area is 211 Å². The molecule has 4 aliphatic rings. The lowest BCUT2D eigenvalue weighted by Crippen LogP contribution is -2.49. The van der Waals surface area contributed by atoms with Crippen molar-refractivity contribution in [1.82, 2.24) is 14.7 Å². The molecule has 4 aliphatic heterocycles. The molecule has 0 radical (unpaired) electrons. The molecule has 0 saturated carbocycles. The Balaban J connectivity index is 1.11. The first kappa shape index (κ1) is 23.5. The van der Waals surface area contributed by atoms with E-state index >= 15 is 0 Å². The number of aliphatic hydroxyl groups excluding tert-OH is 1. The van der Waals surface area contributed by atoms with Crippen molar-refractivity contribution < 1.29 is 24.2 Å². The maximum absolute atomic E-state index is 13.3. The van der Waals surface area contributed by atoms with Crippen LogP contribution in [0.3, 0.4) is 0 Å². The van der Waals surface area contributed by atoms with Gasteiger partial charge in [-0.25, -0.2) is 0 Å². The van der Waals surface area contributed by atoms with Crippen LogP contribution in [0.2, 0.25) is 0 Å². The highest BCUT2D eigenvalue weighted by Gasteiger charge is 2.41. The molecule has 36 heavy (non-hydrogen) atoms. The van der Waals surface area contributed by atoms with Gasteiger partial charge in [0.05, 0.1) is 43.5 Å². The molecule has 4 heterocycles. The molecule has 0 aliphatic carbocycles. The van der Waals surface area contributed by atoms with Crippen molar-refractivity contribution in [2.45, 2.75) is 44.0 Å². The fourth-order valence-electron chi connectivity index (χ4n) is 6.09. The SMILES string of the molecule is O=C1c2ccc(C(=O)N3C4CCC3COC4)cc2OCCN1CC(O)CN1CCc2ccccc2C1. The molecule has 1 N–H and O–H groups in total. The van der Waals surface area contributed by atoms with E-state index in [0.717, 1.165) is 32.4 Å². The molecule has 190 valence electrons. The third-order valence-electron chi connectivity index (χ3n) is 7.95. The maximum Gasteiger partial charge on any atom is 0.257 e. The Bertz CT molecular complexity index is 1140. The van der Waals surface area contributed by atoms with E-state index in [1.807, 2.05) is 4.90 Å². The zero-order valence-electron chi connectivity index (χ0n) is 20.5. The van der Waals surface area contributed by atoms with Crippen molar-refractivity contribution in [2.24, 2.45) is 0 Å². The van der Waals surface area contributed by atoms with Gasteiger partial charge in [-0.05, 0) is 48.6 Å². The molecule has 8 nitrogen and oxygen atoms in total. The molecule has 2 fully saturated rings. The number of hydrogen-bond donors (Lipinski definition) is 1. The van der Waals surface area contributed by atoms with E-state index in [1.165, 1.54) is 11.1 Å². The lowest BCUT2D eigenvalue weighted by molar-refractivity contribution is -0.00717. The number of amides is 2. The maximum atomic E-state index is 13.3. The molecule has 3 unspecified atom stereocenters. The van der Waals surface area contributed by atoms with Crippen LogP contribution in [0, 0.1) is 0 Å². The van der Waals surface area contributed by atoms with Crippen LogP contribution in [0.15, 0.2) is 42.5 Å². The number of nitrogens with zero attached hydrogens (tertiary/aromatic N) is 3. The van der Waals surface area contributed by atoms with E-state index in [9.17, 15) is 14.7 Å². The lowest BCUT2D eigenvalue weighted by atomic mass is 10.00. The number of fused-ring (bicyclic) bond motifs is 4. The number of aliphatic hydroxyl groups is 1. The second-order valence-electron chi connectivity index (χ2n) is 10.4. The lowest BCUT2D eigenvalue weighted by Gasteiger charge is -2.34. The van der Waals surface area contributed by atoms with E-state index in [-0.39, 0.29) is 30.4 Å². The Morgan fingerprint density at radius 3 is 2.61 bits per heavy atom. The van der Waals surface area contributed by atoms with E-state index in [4.69, 9.17) is 9.47 Å². The van der Waals surface area contributed by atoms with Gasteiger partial charge in [-0.3, -0.25) is 14.5 Å². The molecule has 0 spiro atoms. The predicted molar refractivity (Wildman–Crippen MR) is 133 cm³/mol. The number of carbonyl (C=O) groups is 2. The van der Waals surface area contributed by atoms with Crippen molar-refractivity contribution >= 4 is 11.8 Å². The van der Waals surface area contributed by atoms with Gasteiger partial charge in [-0.1, -0.05) is 24.3 Å². The summed E-state index contributed by atoms with van der Waals surface area (Å²) in [6, 6.07) is 13.8. The highest BCUT2D eigenvalue weighted by Crippen LogP contribution is 2.32. The Kier molecular flexibility index (Phi) is 6.41. The topological polar surface area (TPSA) is 82.5 Å². The number of ether oxygens (including phenoxy) is 2. The van der Waals surface area contributed by atoms with Crippen molar-refractivity contribution in [3.05, 3.63) is 64.7 Å². The molecule has 3 atom stereocenters. The third-order valence-corrected chi connectivity index (χ3v) is 7.95. The zero-order valence-corrected chi connectivity index (χ0v) is 20.5. The summed E-state index contributed by atoms with van der Waals surface area (Å²) in [6.07, 6.45) is 2.26. The van der Waals surface area contributed by atoms with Gasteiger partial charge < -0.3 is 24.4 Å². The van der Waals surface area contributed by atoms with Gasteiger partial charge in [0, 0.05) is 31.7 Å². The van der Waals surface area contributed by atoms with Crippen LogP contribution in [-0.2, 0) is 17.7 Å².